The number of anilines is 1. The molecule has 1 aromatic rings. The van der Waals surface area contributed by atoms with Crippen LogP contribution in [0.5, 0.6) is 0 Å². The molecule has 1 aliphatic rings. The van der Waals surface area contributed by atoms with Crippen molar-refractivity contribution in [1.82, 2.24) is 4.90 Å². The van der Waals surface area contributed by atoms with E-state index in [9.17, 15) is 4.79 Å². The summed E-state index contributed by atoms with van der Waals surface area (Å²) < 4.78 is 0.902. The van der Waals surface area contributed by atoms with Crippen molar-refractivity contribution in [1.29, 1.82) is 0 Å². The zero-order valence-corrected chi connectivity index (χ0v) is 13.2. The van der Waals surface area contributed by atoms with Crippen LogP contribution in [-0.2, 0) is 0 Å². The molecular formula is C15H21BrN2O. The summed E-state index contributed by atoms with van der Waals surface area (Å²) in [5.41, 5.74) is 7.48. The van der Waals surface area contributed by atoms with Crippen molar-refractivity contribution in [2.45, 2.75) is 33.1 Å². The third-order valence-electron chi connectivity index (χ3n) is 4.36. The monoisotopic (exact) mass is 324 g/mol. The van der Waals surface area contributed by atoms with Gasteiger partial charge in [-0.2, -0.15) is 0 Å². The highest BCUT2D eigenvalue weighted by molar-refractivity contribution is 9.10. The van der Waals surface area contributed by atoms with Crippen molar-refractivity contribution in [3.63, 3.8) is 0 Å². The molecule has 0 aromatic heterocycles. The second kappa shape index (κ2) is 5.53. The summed E-state index contributed by atoms with van der Waals surface area (Å²) in [5, 5.41) is 0. The molecule has 0 bridgehead atoms. The molecule has 104 valence electrons. The van der Waals surface area contributed by atoms with E-state index >= 15 is 0 Å². The Bertz CT molecular complexity index is 479. The van der Waals surface area contributed by atoms with Gasteiger partial charge in [-0.15, -0.1) is 0 Å². The molecule has 3 nitrogen and oxygen atoms in total. The van der Waals surface area contributed by atoms with Gasteiger partial charge in [0.05, 0.1) is 5.56 Å². The SMILES string of the molecule is CCC1(C)CCN(C(=O)c2ccc(Br)cc2N)CC1. The molecule has 2 N–H and O–H groups in total. The summed E-state index contributed by atoms with van der Waals surface area (Å²) in [6.45, 7) is 6.20. The van der Waals surface area contributed by atoms with E-state index in [-0.39, 0.29) is 5.91 Å². The maximum absolute atomic E-state index is 12.5. The number of nitrogen functional groups attached to an aromatic ring is 1. The van der Waals surface area contributed by atoms with Crippen LogP contribution in [0.1, 0.15) is 43.5 Å². The minimum absolute atomic E-state index is 0.0585. The van der Waals surface area contributed by atoms with Gasteiger partial charge in [0.2, 0.25) is 0 Å². The lowest BCUT2D eigenvalue weighted by Crippen LogP contribution is -2.42. The molecule has 1 aliphatic heterocycles. The minimum atomic E-state index is 0.0585. The van der Waals surface area contributed by atoms with Gasteiger partial charge in [-0.25, -0.2) is 0 Å². The molecule has 0 atom stereocenters. The smallest absolute Gasteiger partial charge is 0.255 e. The fourth-order valence-corrected chi connectivity index (χ4v) is 2.88. The van der Waals surface area contributed by atoms with Gasteiger partial charge < -0.3 is 10.6 Å². The summed E-state index contributed by atoms with van der Waals surface area (Å²) in [5.74, 6) is 0.0585. The molecule has 0 saturated carbocycles. The molecule has 1 saturated heterocycles. The van der Waals surface area contributed by atoms with Crippen LogP contribution >= 0.6 is 15.9 Å². The lowest BCUT2D eigenvalue weighted by atomic mass is 9.78. The predicted molar refractivity (Wildman–Crippen MR) is 82.1 cm³/mol. The van der Waals surface area contributed by atoms with Crippen LogP contribution < -0.4 is 5.73 Å². The van der Waals surface area contributed by atoms with Gasteiger partial charge in [0.15, 0.2) is 0 Å². The molecule has 19 heavy (non-hydrogen) atoms. The van der Waals surface area contributed by atoms with Gasteiger partial charge >= 0.3 is 0 Å². The van der Waals surface area contributed by atoms with Crippen molar-refractivity contribution >= 4 is 27.5 Å². The Morgan fingerprint density at radius 3 is 2.58 bits per heavy atom. The molecule has 0 radical (unpaired) electrons. The number of piperidine rings is 1. The van der Waals surface area contributed by atoms with Crippen LogP contribution in [0.4, 0.5) is 5.69 Å². The quantitative estimate of drug-likeness (QED) is 0.843. The standard InChI is InChI=1S/C15H21BrN2O/c1-3-15(2)6-8-18(9-7-15)14(19)12-5-4-11(16)10-13(12)17/h4-5,10H,3,6-9,17H2,1-2H3. The second-order valence-corrected chi connectivity index (χ2v) is 6.60. The third-order valence-corrected chi connectivity index (χ3v) is 4.85. The van der Waals surface area contributed by atoms with Gasteiger partial charge in [0.25, 0.3) is 5.91 Å². The number of hydrogen-bond acceptors (Lipinski definition) is 2. The molecule has 1 heterocycles. The van der Waals surface area contributed by atoms with Crippen LogP contribution in [0, 0.1) is 5.41 Å². The Morgan fingerprint density at radius 1 is 1.42 bits per heavy atom. The van der Waals surface area contributed by atoms with Crippen molar-refractivity contribution in [2.24, 2.45) is 5.41 Å². The Labute approximate surface area is 123 Å². The number of nitrogens with zero attached hydrogens (tertiary/aromatic N) is 1. The van der Waals surface area contributed by atoms with E-state index in [1.807, 2.05) is 11.0 Å². The highest BCUT2D eigenvalue weighted by Crippen LogP contribution is 2.34. The molecule has 0 aliphatic carbocycles. The Morgan fingerprint density at radius 2 is 2.05 bits per heavy atom. The van der Waals surface area contributed by atoms with Gasteiger partial charge in [-0.1, -0.05) is 36.2 Å². The average molecular weight is 325 g/mol. The zero-order chi connectivity index (χ0) is 14.0. The number of likely N-dealkylation sites (tertiary alicyclic amines) is 1. The average Bonchev–Trinajstić information content (AvgIpc) is 2.39. The molecule has 1 aromatic carbocycles. The van der Waals surface area contributed by atoms with Gasteiger partial charge in [-0.3, -0.25) is 4.79 Å². The Balaban J connectivity index is 2.09. The lowest BCUT2D eigenvalue weighted by molar-refractivity contribution is 0.0601. The van der Waals surface area contributed by atoms with E-state index in [4.69, 9.17) is 5.73 Å². The van der Waals surface area contributed by atoms with Gasteiger partial charge in [-0.05, 0) is 36.5 Å². The Hall–Kier alpha value is -1.03. The Kier molecular flexibility index (Phi) is 4.19. The first-order valence-electron chi connectivity index (χ1n) is 6.79. The number of benzene rings is 1. The van der Waals surface area contributed by atoms with E-state index in [1.54, 1.807) is 12.1 Å². The molecule has 1 fully saturated rings. The van der Waals surface area contributed by atoms with E-state index < -0.39 is 0 Å². The largest absolute Gasteiger partial charge is 0.398 e. The van der Waals surface area contributed by atoms with E-state index in [0.717, 1.165) is 30.4 Å². The fourth-order valence-electron chi connectivity index (χ4n) is 2.50. The highest BCUT2D eigenvalue weighted by Gasteiger charge is 2.31. The summed E-state index contributed by atoms with van der Waals surface area (Å²) in [6, 6.07) is 5.45. The number of hydrogen-bond donors (Lipinski definition) is 1. The normalized spacial score (nSPS) is 18.4. The minimum Gasteiger partial charge on any atom is -0.398 e. The highest BCUT2D eigenvalue weighted by atomic mass is 79.9. The van der Waals surface area contributed by atoms with E-state index in [2.05, 4.69) is 29.8 Å². The first-order valence-corrected chi connectivity index (χ1v) is 7.59. The first kappa shape index (κ1) is 14.4. The van der Waals surface area contributed by atoms with E-state index in [1.165, 1.54) is 6.42 Å². The summed E-state index contributed by atoms with van der Waals surface area (Å²) in [6.07, 6.45) is 3.33. The number of amides is 1. The van der Waals surface area contributed by atoms with Crippen LogP contribution in [0.25, 0.3) is 0 Å². The molecule has 0 spiro atoms. The van der Waals surface area contributed by atoms with Crippen LogP contribution in [0.3, 0.4) is 0 Å². The molecular weight excluding hydrogens is 304 g/mol. The topological polar surface area (TPSA) is 46.3 Å². The lowest BCUT2D eigenvalue weighted by Gasteiger charge is -2.39. The van der Waals surface area contributed by atoms with Gasteiger partial charge in [0, 0.05) is 23.2 Å². The van der Waals surface area contributed by atoms with Crippen LogP contribution in [0.2, 0.25) is 0 Å². The van der Waals surface area contributed by atoms with Crippen molar-refractivity contribution < 1.29 is 4.79 Å². The maximum atomic E-state index is 12.5. The number of carbonyl (C=O) groups excluding carboxylic acids is 1. The third kappa shape index (κ3) is 3.11. The number of halogens is 1. The van der Waals surface area contributed by atoms with Crippen molar-refractivity contribution in [3.05, 3.63) is 28.2 Å². The number of rotatable bonds is 2. The van der Waals surface area contributed by atoms with Crippen LogP contribution in [0.15, 0.2) is 22.7 Å². The number of nitrogens with two attached hydrogens (primary N) is 1. The van der Waals surface area contributed by atoms with Gasteiger partial charge in [0.1, 0.15) is 0 Å². The first-order chi connectivity index (χ1) is 8.95. The predicted octanol–water partition coefficient (Wildman–Crippen LogP) is 3.68. The fraction of sp³-hybridized carbons (Fsp3) is 0.533. The maximum Gasteiger partial charge on any atom is 0.255 e. The summed E-state index contributed by atoms with van der Waals surface area (Å²) in [4.78, 5) is 14.4. The molecule has 4 heteroatoms. The molecule has 2 rings (SSSR count). The van der Waals surface area contributed by atoms with Crippen molar-refractivity contribution in [2.75, 3.05) is 18.8 Å². The molecule has 1 amide bonds. The van der Waals surface area contributed by atoms with E-state index in [0.29, 0.717) is 16.7 Å². The second-order valence-electron chi connectivity index (χ2n) is 5.69. The summed E-state index contributed by atoms with van der Waals surface area (Å²) in [7, 11) is 0. The summed E-state index contributed by atoms with van der Waals surface area (Å²) >= 11 is 3.36. The molecule has 0 unspecified atom stereocenters. The van der Waals surface area contributed by atoms with Crippen LogP contribution in [-0.4, -0.2) is 23.9 Å². The zero-order valence-electron chi connectivity index (χ0n) is 11.6. The number of carbonyl (C=O) groups is 1. The van der Waals surface area contributed by atoms with Crippen molar-refractivity contribution in [3.8, 4) is 0 Å².